The highest BCUT2D eigenvalue weighted by Crippen LogP contribution is 2.23. The van der Waals surface area contributed by atoms with Crippen LogP contribution in [0, 0.1) is 5.92 Å². The van der Waals surface area contributed by atoms with Crippen molar-refractivity contribution in [3.63, 3.8) is 0 Å². The molecule has 0 radical (unpaired) electrons. The van der Waals surface area contributed by atoms with Crippen LogP contribution < -0.4 is 5.32 Å². The fourth-order valence-corrected chi connectivity index (χ4v) is 2.55. The molecule has 1 saturated heterocycles. The Morgan fingerprint density at radius 2 is 2.14 bits per heavy atom. The lowest BCUT2D eigenvalue weighted by Crippen LogP contribution is -2.42. The van der Waals surface area contributed by atoms with Gasteiger partial charge in [-0.05, 0) is 39.2 Å². The Balaban J connectivity index is 2.26. The third-order valence-corrected chi connectivity index (χ3v) is 3.26. The number of hydrogen-bond donors (Lipinski definition) is 1. The van der Waals surface area contributed by atoms with Crippen molar-refractivity contribution in [2.24, 2.45) is 5.92 Å². The van der Waals surface area contributed by atoms with Crippen molar-refractivity contribution in [1.82, 2.24) is 10.2 Å². The Morgan fingerprint density at radius 3 is 2.64 bits per heavy atom. The van der Waals surface area contributed by atoms with Gasteiger partial charge in [-0.2, -0.15) is 0 Å². The lowest BCUT2D eigenvalue weighted by molar-refractivity contribution is 0.195. The van der Waals surface area contributed by atoms with Crippen LogP contribution in [0.4, 0.5) is 0 Å². The molecule has 84 valence electrons. The molecule has 0 saturated carbocycles. The van der Waals surface area contributed by atoms with E-state index in [2.05, 4.69) is 37.9 Å². The zero-order valence-corrected chi connectivity index (χ0v) is 10.2. The molecule has 0 aromatic heterocycles. The predicted molar refractivity (Wildman–Crippen MR) is 62.6 cm³/mol. The van der Waals surface area contributed by atoms with E-state index in [1.807, 2.05) is 0 Å². The van der Waals surface area contributed by atoms with Gasteiger partial charge in [0.15, 0.2) is 0 Å². The molecule has 3 atom stereocenters. The van der Waals surface area contributed by atoms with Crippen LogP contribution in [-0.2, 0) is 0 Å². The van der Waals surface area contributed by atoms with Gasteiger partial charge in [0.1, 0.15) is 0 Å². The third-order valence-electron chi connectivity index (χ3n) is 3.26. The summed E-state index contributed by atoms with van der Waals surface area (Å²) in [5.74, 6) is 0.888. The van der Waals surface area contributed by atoms with Gasteiger partial charge in [0, 0.05) is 25.2 Å². The van der Waals surface area contributed by atoms with E-state index in [9.17, 15) is 0 Å². The SMILES string of the molecule is CCCNCC(C)N1CC(C)CC1C. The summed E-state index contributed by atoms with van der Waals surface area (Å²) in [6.45, 7) is 12.9. The Morgan fingerprint density at radius 1 is 1.43 bits per heavy atom. The minimum Gasteiger partial charge on any atom is -0.315 e. The van der Waals surface area contributed by atoms with E-state index >= 15 is 0 Å². The largest absolute Gasteiger partial charge is 0.315 e. The maximum absolute atomic E-state index is 3.51. The quantitative estimate of drug-likeness (QED) is 0.681. The number of nitrogens with zero attached hydrogens (tertiary/aromatic N) is 1. The van der Waals surface area contributed by atoms with E-state index in [0.29, 0.717) is 6.04 Å². The summed E-state index contributed by atoms with van der Waals surface area (Å²) in [6.07, 6.45) is 2.61. The predicted octanol–water partition coefficient (Wildman–Crippen LogP) is 2.10. The van der Waals surface area contributed by atoms with E-state index in [4.69, 9.17) is 0 Å². The van der Waals surface area contributed by atoms with Gasteiger partial charge in [0.25, 0.3) is 0 Å². The van der Waals surface area contributed by atoms with E-state index in [-0.39, 0.29) is 0 Å². The van der Waals surface area contributed by atoms with Crippen LogP contribution in [0.25, 0.3) is 0 Å². The molecule has 2 nitrogen and oxygen atoms in total. The average Bonchev–Trinajstić information content (AvgIpc) is 2.45. The van der Waals surface area contributed by atoms with Crippen LogP contribution in [-0.4, -0.2) is 36.6 Å². The number of hydrogen-bond acceptors (Lipinski definition) is 2. The first-order valence-corrected chi connectivity index (χ1v) is 6.11. The molecule has 1 aliphatic heterocycles. The zero-order chi connectivity index (χ0) is 10.6. The van der Waals surface area contributed by atoms with Gasteiger partial charge in [-0.3, -0.25) is 4.90 Å². The molecule has 14 heavy (non-hydrogen) atoms. The van der Waals surface area contributed by atoms with Crippen LogP contribution in [0.5, 0.6) is 0 Å². The Hall–Kier alpha value is -0.0800. The van der Waals surface area contributed by atoms with Crippen LogP contribution in [0.15, 0.2) is 0 Å². The van der Waals surface area contributed by atoms with Crippen molar-refractivity contribution in [3.05, 3.63) is 0 Å². The highest BCUT2D eigenvalue weighted by atomic mass is 15.2. The van der Waals surface area contributed by atoms with Crippen LogP contribution in [0.2, 0.25) is 0 Å². The fraction of sp³-hybridized carbons (Fsp3) is 1.00. The zero-order valence-electron chi connectivity index (χ0n) is 10.2. The van der Waals surface area contributed by atoms with E-state index < -0.39 is 0 Å². The molecule has 2 heteroatoms. The molecule has 0 aromatic carbocycles. The molecule has 1 heterocycles. The monoisotopic (exact) mass is 198 g/mol. The molecular weight excluding hydrogens is 172 g/mol. The molecule has 0 spiro atoms. The van der Waals surface area contributed by atoms with Gasteiger partial charge in [-0.15, -0.1) is 0 Å². The highest BCUT2D eigenvalue weighted by Gasteiger charge is 2.28. The summed E-state index contributed by atoms with van der Waals surface area (Å²) < 4.78 is 0. The van der Waals surface area contributed by atoms with Crippen LogP contribution >= 0.6 is 0 Å². The molecule has 1 rings (SSSR count). The Labute approximate surface area is 89.1 Å². The van der Waals surface area contributed by atoms with E-state index in [0.717, 1.165) is 25.0 Å². The highest BCUT2D eigenvalue weighted by molar-refractivity contribution is 4.84. The van der Waals surface area contributed by atoms with Crippen molar-refractivity contribution in [2.45, 2.75) is 52.6 Å². The first-order valence-electron chi connectivity index (χ1n) is 6.11. The van der Waals surface area contributed by atoms with Crippen LogP contribution in [0.1, 0.15) is 40.5 Å². The number of rotatable bonds is 5. The van der Waals surface area contributed by atoms with Gasteiger partial charge < -0.3 is 5.32 Å². The lowest BCUT2D eigenvalue weighted by atomic mass is 10.1. The number of nitrogens with one attached hydrogen (secondary N) is 1. The van der Waals surface area contributed by atoms with E-state index in [1.165, 1.54) is 19.4 Å². The van der Waals surface area contributed by atoms with Crippen molar-refractivity contribution in [3.8, 4) is 0 Å². The molecule has 0 amide bonds. The fourth-order valence-electron chi connectivity index (χ4n) is 2.55. The van der Waals surface area contributed by atoms with Crippen molar-refractivity contribution >= 4 is 0 Å². The maximum Gasteiger partial charge on any atom is 0.0195 e. The first-order chi connectivity index (χ1) is 6.65. The van der Waals surface area contributed by atoms with E-state index in [1.54, 1.807) is 0 Å². The molecule has 1 fully saturated rings. The second kappa shape index (κ2) is 5.72. The molecular formula is C12H26N2. The molecule has 0 aliphatic carbocycles. The second-order valence-corrected chi connectivity index (χ2v) is 4.94. The maximum atomic E-state index is 3.51. The Bertz CT molecular complexity index is 158. The molecule has 0 aromatic rings. The van der Waals surface area contributed by atoms with Gasteiger partial charge in [0.05, 0.1) is 0 Å². The average molecular weight is 198 g/mol. The summed E-state index contributed by atoms with van der Waals surface area (Å²) in [6, 6.07) is 1.48. The second-order valence-electron chi connectivity index (χ2n) is 4.94. The first kappa shape index (κ1) is 12.0. The third kappa shape index (κ3) is 3.25. The Kier molecular flexibility index (Phi) is 4.90. The lowest BCUT2D eigenvalue weighted by Gasteiger charge is -2.28. The van der Waals surface area contributed by atoms with Gasteiger partial charge in [0.2, 0.25) is 0 Å². The standard InChI is InChI=1S/C12H26N2/c1-5-6-13-8-12(4)14-9-10(2)7-11(14)3/h10-13H,5-9H2,1-4H3. The smallest absolute Gasteiger partial charge is 0.0195 e. The summed E-state index contributed by atoms with van der Waals surface area (Å²) in [5, 5.41) is 3.51. The summed E-state index contributed by atoms with van der Waals surface area (Å²) in [4.78, 5) is 2.65. The molecule has 1 aliphatic rings. The van der Waals surface area contributed by atoms with Crippen molar-refractivity contribution in [1.29, 1.82) is 0 Å². The minimum atomic E-state index is 0.696. The summed E-state index contributed by atoms with van der Waals surface area (Å²) in [7, 11) is 0. The van der Waals surface area contributed by atoms with Gasteiger partial charge in [-0.25, -0.2) is 0 Å². The van der Waals surface area contributed by atoms with Gasteiger partial charge >= 0.3 is 0 Å². The van der Waals surface area contributed by atoms with Crippen molar-refractivity contribution in [2.75, 3.05) is 19.6 Å². The molecule has 3 unspecified atom stereocenters. The minimum absolute atomic E-state index is 0.696. The topological polar surface area (TPSA) is 15.3 Å². The van der Waals surface area contributed by atoms with Gasteiger partial charge in [-0.1, -0.05) is 13.8 Å². The number of likely N-dealkylation sites (tertiary alicyclic amines) is 1. The van der Waals surface area contributed by atoms with Crippen LogP contribution in [0.3, 0.4) is 0 Å². The van der Waals surface area contributed by atoms with Crippen molar-refractivity contribution < 1.29 is 0 Å². The normalized spacial score (nSPS) is 30.9. The summed E-state index contributed by atoms with van der Waals surface area (Å²) >= 11 is 0. The molecule has 0 bridgehead atoms. The summed E-state index contributed by atoms with van der Waals surface area (Å²) in [5.41, 5.74) is 0. The molecule has 1 N–H and O–H groups in total.